The molecular weight excluding hydrogens is 132 g/mol. The SMILES string of the molecule is [CH]c1nsc(Cl)n1. The van der Waals surface area contributed by atoms with Crippen molar-refractivity contribution in [3.05, 3.63) is 17.2 Å². The van der Waals surface area contributed by atoms with Gasteiger partial charge in [-0.15, -0.1) is 0 Å². The molecule has 7 heavy (non-hydrogen) atoms. The fourth-order valence-electron chi connectivity index (χ4n) is 0.215. The molecule has 1 aromatic heterocycles. The monoisotopic (exact) mass is 132 g/mol. The summed E-state index contributed by atoms with van der Waals surface area (Å²) in [4.78, 5) is 3.56. The summed E-state index contributed by atoms with van der Waals surface area (Å²) in [6.07, 6.45) is 0. The molecule has 0 spiro atoms. The van der Waals surface area contributed by atoms with Gasteiger partial charge in [0.25, 0.3) is 0 Å². The molecule has 0 bridgehead atoms. The lowest BCUT2D eigenvalue weighted by atomic mass is 10.8. The minimum Gasteiger partial charge on any atom is -0.208 e. The fourth-order valence-corrected chi connectivity index (χ4v) is 0.749. The van der Waals surface area contributed by atoms with Crippen molar-refractivity contribution in [2.24, 2.45) is 0 Å². The third kappa shape index (κ3) is 1.11. The van der Waals surface area contributed by atoms with Gasteiger partial charge in [-0.05, 0) is 23.1 Å². The van der Waals surface area contributed by atoms with Crippen LogP contribution >= 0.6 is 23.1 Å². The van der Waals surface area contributed by atoms with Gasteiger partial charge in [0.1, 0.15) is 5.82 Å². The number of aromatic nitrogens is 2. The van der Waals surface area contributed by atoms with Crippen LogP contribution in [-0.4, -0.2) is 9.36 Å². The van der Waals surface area contributed by atoms with Crippen LogP contribution < -0.4 is 0 Å². The van der Waals surface area contributed by atoms with Crippen molar-refractivity contribution in [3.8, 4) is 0 Å². The van der Waals surface area contributed by atoms with Gasteiger partial charge in [-0.3, -0.25) is 0 Å². The van der Waals surface area contributed by atoms with Crippen LogP contribution in [0.25, 0.3) is 0 Å². The van der Waals surface area contributed by atoms with E-state index in [1.165, 1.54) is 0 Å². The predicted octanol–water partition coefficient (Wildman–Crippen LogP) is 1.25. The summed E-state index contributed by atoms with van der Waals surface area (Å²) >= 11 is 6.41. The summed E-state index contributed by atoms with van der Waals surface area (Å²) in [6, 6.07) is 0. The molecule has 0 saturated carbocycles. The van der Waals surface area contributed by atoms with Gasteiger partial charge in [-0.2, -0.15) is 4.37 Å². The molecule has 0 atom stereocenters. The van der Waals surface area contributed by atoms with Gasteiger partial charge in [-0.25, -0.2) is 4.98 Å². The maximum atomic E-state index is 5.33. The molecule has 0 unspecified atom stereocenters. The van der Waals surface area contributed by atoms with E-state index >= 15 is 0 Å². The van der Waals surface area contributed by atoms with Crippen LogP contribution in [0.1, 0.15) is 5.82 Å². The molecule has 2 nitrogen and oxygen atoms in total. The lowest BCUT2D eigenvalue weighted by molar-refractivity contribution is 1.25. The Balaban J connectivity index is 3.04. The van der Waals surface area contributed by atoms with Crippen molar-refractivity contribution in [1.82, 2.24) is 9.36 Å². The van der Waals surface area contributed by atoms with E-state index in [0.717, 1.165) is 11.5 Å². The van der Waals surface area contributed by atoms with E-state index in [-0.39, 0.29) is 5.82 Å². The second-order valence-corrected chi connectivity index (χ2v) is 2.24. The number of rotatable bonds is 0. The molecule has 0 aliphatic carbocycles. The summed E-state index contributed by atoms with van der Waals surface area (Å²) in [5, 5.41) is 0. The van der Waals surface area contributed by atoms with Crippen molar-refractivity contribution < 1.29 is 0 Å². The third-order valence-electron chi connectivity index (χ3n) is 0.417. The summed E-state index contributed by atoms with van der Waals surface area (Å²) in [5.41, 5.74) is 0. The average molecular weight is 133 g/mol. The topological polar surface area (TPSA) is 25.8 Å². The van der Waals surface area contributed by atoms with Crippen molar-refractivity contribution in [1.29, 1.82) is 0 Å². The summed E-state index contributed by atoms with van der Waals surface area (Å²) in [7, 11) is 0. The van der Waals surface area contributed by atoms with E-state index in [1.807, 2.05) is 0 Å². The fraction of sp³-hybridized carbons (Fsp3) is 0. The molecular formula is C3HClN2S. The first-order valence-corrected chi connectivity index (χ1v) is 2.69. The molecule has 0 saturated heterocycles. The van der Waals surface area contributed by atoms with Gasteiger partial charge in [0, 0.05) is 6.92 Å². The van der Waals surface area contributed by atoms with E-state index in [9.17, 15) is 0 Å². The molecule has 36 valence electrons. The smallest absolute Gasteiger partial charge is 0.203 e. The Kier molecular flexibility index (Phi) is 1.25. The van der Waals surface area contributed by atoms with E-state index in [4.69, 9.17) is 18.5 Å². The van der Waals surface area contributed by atoms with Crippen LogP contribution in [0.4, 0.5) is 0 Å². The molecule has 1 rings (SSSR count). The molecule has 2 radical (unpaired) electrons. The Hall–Kier alpha value is -0.150. The van der Waals surface area contributed by atoms with E-state index in [2.05, 4.69) is 9.36 Å². The van der Waals surface area contributed by atoms with Crippen LogP contribution in [0, 0.1) is 6.92 Å². The zero-order valence-electron chi connectivity index (χ0n) is 3.26. The molecule has 0 aromatic carbocycles. The van der Waals surface area contributed by atoms with Crippen LogP contribution in [0.3, 0.4) is 0 Å². The molecule has 0 aliphatic heterocycles. The highest BCUT2D eigenvalue weighted by atomic mass is 35.5. The van der Waals surface area contributed by atoms with E-state index in [0.29, 0.717) is 4.47 Å². The zero-order valence-corrected chi connectivity index (χ0v) is 4.83. The van der Waals surface area contributed by atoms with E-state index < -0.39 is 0 Å². The van der Waals surface area contributed by atoms with Gasteiger partial charge in [0.15, 0.2) is 0 Å². The normalized spacial score (nSPS) is 9.43. The third-order valence-corrected chi connectivity index (χ3v) is 1.23. The lowest BCUT2D eigenvalue weighted by Gasteiger charge is -1.65. The molecule has 0 aliphatic rings. The summed E-state index contributed by atoms with van der Waals surface area (Å²) in [6.45, 7) is 5.08. The van der Waals surface area contributed by atoms with Gasteiger partial charge < -0.3 is 0 Å². The molecule has 0 amide bonds. The van der Waals surface area contributed by atoms with Crippen LogP contribution in [0.15, 0.2) is 0 Å². The lowest BCUT2D eigenvalue weighted by Crippen LogP contribution is -1.67. The zero-order chi connectivity index (χ0) is 5.28. The Labute approximate surface area is 50.3 Å². The van der Waals surface area contributed by atoms with Gasteiger partial charge in [0.05, 0.1) is 0 Å². The quantitative estimate of drug-likeness (QED) is 0.531. The highest BCUT2D eigenvalue weighted by Gasteiger charge is 1.91. The van der Waals surface area contributed by atoms with Crippen molar-refractivity contribution in [2.45, 2.75) is 0 Å². The number of hydrogen-bond acceptors (Lipinski definition) is 3. The standard InChI is InChI=1S/C3HClN2S/c1-2-5-3(4)7-6-2/h1H. The molecule has 0 N–H and O–H groups in total. The maximum Gasteiger partial charge on any atom is 0.203 e. The van der Waals surface area contributed by atoms with Crippen molar-refractivity contribution >= 4 is 23.1 Å². The number of hydrogen-bond donors (Lipinski definition) is 0. The maximum absolute atomic E-state index is 5.33. The molecule has 1 aromatic rings. The minimum atomic E-state index is 0.245. The first-order chi connectivity index (χ1) is 3.29. The van der Waals surface area contributed by atoms with Crippen molar-refractivity contribution in [3.63, 3.8) is 0 Å². The highest BCUT2D eigenvalue weighted by molar-refractivity contribution is 7.10. The van der Waals surface area contributed by atoms with E-state index in [1.54, 1.807) is 0 Å². The molecule has 4 heteroatoms. The first kappa shape index (κ1) is 5.00. The highest BCUT2D eigenvalue weighted by Crippen LogP contribution is 2.08. The summed E-state index contributed by atoms with van der Waals surface area (Å²) < 4.78 is 3.98. The van der Waals surface area contributed by atoms with Gasteiger partial charge >= 0.3 is 0 Å². The van der Waals surface area contributed by atoms with Crippen LogP contribution in [-0.2, 0) is 0 Å². The second-order valence-electron chi connectivity index (χ2n) is 0.906. The Morgan fingerprint density at radius 1 is 1.71 bits per heavy atom. The Bertz CT molecular complexity index is 145. The molecule has 0 fully saturated rings. The van der Waals surface area contributed by atoms with Gasteiger partial charge in [-0.1, -0.05) is 0 Å². The largest absolute Gasteiger partial charge is 0.208 e. The second kappa shape index (κ2) is 1.76. The van der Waals surface area contributed by atoms with Gasteiger partial charge in [0.2, 0.25) is 4.47 Å². The number of nitrogens with zero attached hydrogens (tertiary/aromatic N) is 2. The Morgan fingerprint density at radius 2 is 2.43 bits per heavy atom. The number of halogens is 1. The Morgan fingerprint density at radius 3 is 2.57 bits per heavy atom. The average Bonchev–Trinajstić information content (AvgIpc) is 1.87. The molecule has 1 heterocycles. The van der Waals surface area contributed by atoms with Crippen LogP contribution in [0.2, 0.25) is 4.47 Å². The summed E-state index contributed by atoms with van der Waals surface area (Å²) in [5.74, 6) is 0.245. The predicted molar refractivity (Wildman–Crippen MR) is 28.3 cm³/mol. The minimum absolute atomic E-state index is 0.245. The first-order valence-electron chi connectivity index (χ1n) is 1.54. The van der Waals surface area contributed by atoms with Crippen molar-refractivity contribution in [2.75, 3.05) is 0 Å². The van der Waals surface area contributed by atoms with Crippen LogP contribution in [0.5, 0.6) is 0 Å².